The van der Waals surface area contributed by atoms with Crippen molar-refractivity contribution < 1.29 is 36.6 Å². The van der Waals surface area contributed by atoms with E-state index in [1.54, 1.807) is 13.0 Å². The van der Waals surface area contributed by atoms with Crippen LogP contribution in [0.1, 0.15) is 25.0 Å². The number of amides is 3. The number of para-hydroxylation sites is 1. The Bertz CT molecular complexity index is 1730. The predicted molar refractivity (Wildman–Crippen MR) is 158 cm³/mol. The second kappa shape index (κ2) is 12.8. The highest BCUT2D eigenvalue weighted by Gasteiger charge is 2.36. The summed E-state index contributed by atoms with van der Waals surface area (Å²) in [6.07, 6.45) is 1.43. The summed E-state index contributed by atoms with van der Waals surface area (Å²) in [4.78, 5) is 48.5. The summed E-state index contributed by atoms with van der Waals surface area (Å²) in [5.41, 5.74) is 0.805. The van der Waals surface area contributed by atoms with Crippen LogP contribution in [0.25, 0.3) is 6.08 Å². The lowest BCUT2D eigenvalue weighted by atomic mass is 10.1. The molecule has 1 heterocycles. The van der Waals surface area contributed by atoms with Crippen LogP contribution in [0.15, 0.2) is 74.9 Å². The number of benzene rings is 3. The first-order chi connectivity index (χ1) is 19.9. The Morgan fingerprint density at radius 2 is 1.83 bits per heavy atom. The number of hydrogen-bond donors (Lipinski definition) is 1. The molecule has 0 bridgehead atoms. The number of halogens is 1. The van der Waals surface area contributed by atoms with Gasteiger partial charge in [-0.1, -0.05) is 18.2 Å². The van der Waals surface area contributed by atoms with Gasteiger partial charge in [-0.3, -0.25) is 29.4 Å². The summed E-state index contributed by atoms with van der Waals surface area (Å²) in [6.45, 7) is 2.90. The van der Waals surface area contributed by atoms with E-state index in [1.807, 2.05) is 0 Å². The van der Waals surface area contributed by atoms with Crippen LogP contribution < -0.4 is 14.2 Å². The van der Waals surface area contributed by atoms with Gasteiger partial charge in [-0.15, -0.1) is 0 Å². The van der Waals surface area contributed by atoms with Gasteiger partial charge in [0.05, 0.1) is 27.5 Å². The van der Waals surface area contributed by atoms with Crippen LogP contribution in [-0.2, 0) is 26.3 Å². The highest BCUT2D eigenvalue weighted by Crippen LogP contribution is 2.41. The Hall–Kier alpha value is -4.21. The smallest absolute Gasteiger partial charge is 0.339 e. The van der Waals surface area contributed by atoms with Crippen molar-refractivity contribution in [3.05, 3.63) is 91.3 Å². The molecule has 0 aromatic heterocycles. The number of rotatable bonds is 10. The van der Waals surface area contributed by atoms with Crippen LogP contribution in [0.3, 0.4) is 0 Å². The molecule has 3 aromatic rings. The van der Waals surface area contributed by atoms with Crippen molar-refractivity contribution in [2.24, 2.45) is 0 Å². The SMILES string of the molecule is CCOc1cc(/C=C2\SC(=O)N(Cc3ccccc3[N+](=O)[O-])C2=O)cc(Br)c1OS(=O)(=O)c1ccc(NC(C)=O)cc1. The molecule has 0 atom stereocenters. The molecule has 42 heavy (non-hydrogen) atoms. The molecular formula is C27H22BrN3O9S2. The third-order valence-corrected chi connectivity index (χ3v) is 8.41. The Morgan fingerprint density at radius 1 is 1.14 bits per heavy atom. The monoisotopic (exact) mass is 675 g/mol. The van der Waals surface area contributed by atoms with Crippen LogP contribution >= 0.6 is 27.7 Å². The van der Waals surface area contributed by atoms with Gasteiger partial charge in [0.25, 0.3) is 16.8 Å². The highest BCUT2D eigenvalue weighted by molar-refractivity contribution is 9.10. The first kappa shape index (κ1) is 30.7. The summed E-state index contributed by atoms with van der Waals surface area (Å²) in [5, 5.41) is 13.3. The molecule has 1 fully saturated rings. The number of nitro benzene ring substituents is 1. The maximum Gasteiger partial charge on any atom is 0.339 e. The van der Waals surface area contributed by atoms with Gasteiger partial charge in [0.1, 0.15) is 4.90 Å². The largest absolute Gasteiger partial charge is 0.490 e. The van der Waals surface area contributed by atoms with Crippen LogP contribution in [0.2, 0.25) is 0 Å². The number of ether oxygens (including phenoxy) is 1. The quantitative estimate of drug-likeness (QED) is 0.122. The van der Waals surface area contributed by atoms with Crippen LogP contribution in [0, 0.1) is 10.1 Å². The zero-order valence-corrected chi connectivity index (χ0v) is 25.2. The molecule has 0 spiro atoms. The fourth-order valence-electron chi connectivity index (χ4n) is 3.86. The van der Waals surface area contributed by atoms with Gasteiger partial charge in [-0.05, 0) is 82.7 Å². The number of nitro groups is 1. The second-order valence-corrected chi connectivity index (χ2v) is 12.1. The highest BCUT2D eigenvalue weighted by atomic mass is 79.9. The van der Waals surface area contributed by atoms with Gasteiger partial charge in [0.15, 0.2) is 11.5 Å². The lowest BCUT2D eigenvalue weighted by Crippen LogP contribution is -2.27. The van der Waals surface area contributed by atoms with Gasteiger partial charge in [0.2, 0.25) is 5.91 Å². The molecule has 3 aromatic carbocycles. The average molecular weight is 677 g/mol. The Labute approximate surface area is 253 Å². The van der Waals surface area contributed by atoms with E-state index in [1.165, 1.54) is 67.6 Å². The molecule has 0 unspecified atom stereocenters. The van der Waals surface area contributed by atoms with E-state index >= 15 is 0 Å². The number of anilines is 1. The topological polar surface area (TPSA) is 162 Å². The number of hydrogen-bond acceptors (Lipinski definition) is 10. The van der Waals surface area contributed by atoms with E-state index < -0.39 is 26.2 Å². The molecule has 0 aliphatic carbocycles. The first-order valence-electron chi connectivity index (χ1n) is 12.2. The van der Waals surface area contributed by atoms with Gasteiger partial charge < -0.3 is 14.2 Å². The summed E-state index contributed by atoms with van der Waals surface area (Å²) in [7, 11) is -4.32. The Balaban J connectivity index is 1.60. The molecule has 218 valence electrons. The summed E-state index contributed by atoms with van der Waals surface area (Å²) in [6, 6.07) is 14.2. The maximum atomic E-state index is 13.1. The van der Waals surface area contributed by atoms with Crippen molar-refractivity contribution in [1.82, 2.24) is 4.90 Å². The molecule has 1 aliphatic heterocycles. The standard InChI is InChI=1S/C27H22BrN3O9S2/c1-3-39-23-13-17(12-21(28)25(23)40-42(37,38)20-10-8-19(9-11-20)29-16(2)32)14-24-26(33)30(27(34)41-24)15-18-6-4-5-7-22(18)31(35)36/h4-14H,3,15H2,1-2H3,(H,29,32)/b24-14-. The van der Waals surface area contributed by atoms with Crippen molar-refractivity contribution in [2.45, 2.75) is 25.3 Å². The van der Waals surface area contributed by atoms with Gasteiger partial charge in [-0.2, -0.15) is 8.42 Å². The molecular weight excluding hydrogens is 654 g/mol. The van der Waals surface area contributed by atoms with E-state index in [0.29, 0.717) is 23.0 Å². The summed E-state index contributed by atoms with van der Waals surface area (Å²) in [5.74, 6) is -1.03. The molecule has 15 heteroatoms. The van der Waals surface area contributed by atoms with Crippen LogP contribution in [0.4, 0.5) is 16.2 Å². The average Bonchev–Trinajstić information content (AvgIpc) is 3.18. The van der Waals surface area contributed by atoms with Gasteiger partial charge in [0, 0.05) is 24.2 Å². The maximum absolute atomic E-state index is 13.1. The summed E-state index contributed by atoms with van der Waals surface area (Å²) >= 11 is 3.98. The predicted octanol–water partition coefficient (Wildman–Crippen LogP) is 5.72. The van der Waals surface area contributed by atoms with Crippen LogP contribution in [0.5, 0.6) is 11.5 Å². The summed E-state index contributed by atoms with van der Waals surface area (Å²) < 4.78 is 37.2. The minimum Gasteiger partial charge on any atom is -0.490 e. The van der Waals surface area contributed by atoms with Crippen molar-refractivity contribution in [3.63, 3.8) is 0 Å². The van der Waals surface area contributed by atoms with E-state index in [4.69, 9.17) is 8.92 Å². The molecule has 1 N–H and O–H groups in total. The lowest BCUT2D eigenvalue weighted by molar-refractivity contribution is -0.385. The van der Waals surface area contributed by atoms with Crippen molar-refractivity contribution in [1.29, 1.82) is 0 Å². The lowest BCUT2D eigenvalue weighted by Gasteiger charge is -2.15. The third kappa shape index (κ3) is 6.98. The minimum absolute atomic E-state index is 0.0516. The normalized spacial score (nSPS) is 14.3. The molecule has 0 saturated carbocycles. The van der Waals surface area contributed by atoms with Crippen molar-refractivity contribution >= 4 is 72.3 Å². The second-order valence-electron chi connectivity index (χ2n) is 8.66. The van der Waals surface area contributed by atoms with E-state index in [2.05, 4.69) is 21.2 Å². The minimum atomic E-state index is -4.32. The number of carbonyl (C=O) groups excluding carboxylic acids is 3. The number of thioether (sulfide) groups is 1. The molecule has 12 nitrogen and oxygen atoms in total. The number of carbonyl (C=O) groups is 3. The number of nitrogens with one attached hydrogen (secondary N) is 1. The molecule has 1 saturated heterocycles. The third-order valence-electron chi connectivity index (χ3n) is 5.68. The molecule has 3 amide bonds. The van der Waals surface area contributed by atoms with E-state index in [-0.39, 0.29) is 56.1 Å². The van der Waals surface area contributed by atoms with Crippen LogP contribution in [-0.4, -0.2) is 41.9 Å². The molecule has 4 rings (SSSR count). The Morgan fingerprint density at radius 3 is 2.48 bits per heavy atom. The zero-order valence-electron chi connectivity index (χ0n) is 22.0. The molecule has 0 radical (unpaired) electrons. The number of imide groups is 1. The Kier molecular flexibility index (Phi) is 9.33. The zero-order chi connectivity index (χ0) is 30.6. The van der Waals surface area contributed by atoms with Gasteiger partial charge >= 0.3 is 10.1 Å². The van der Waals surface area contributed by atoms with Gasteiger partial charge in [-0.25, -0.2) is 0 Å². The van der Waals surface area contributed by atoms with E-state index in [0.717, 1.165) is 4.90 Å². The fourth-order valence-corrected chi connectivity index (χ4v) is 6.30. The number of nitrogens with zero attached hydrogens (tertiary/aromatic N) is 2. The fraction of sp³-hybridized carbons (Fsp3) is 0.148. The van der Waals surface area contributed by atoms with Crippen molar-refractivity contribution in [3.8, 4) is 11.5 Å². The van der Waals surface area contributed by atoms with E-state index in [9.17, 15) is 32.9 Å². The van der Waals surface area contributed by atoms with Crippen molar-refractivity contribution in [2.75, 3.05) is 11.9 Å². The molecule has 1 aliphatic rings. The first-order valence-corrected chi connectivity index (χ1v) is 15.2.